The quantitative estimate of drug-likeness (QED) is 0.158. The van der Waals surface area contributed by atoms with Crippen molar-refractivity contribution in [2.75, 3.05) is 6.61 Å². The van der Waals surface area contributed by atoms with Gasteiger partial charge in [0, 0.05) is 17.3 Å². The highest BCUT2D eigenvalue weighted by Crippen LogP contribution is 2.34. The Kier molecular flexibility index (Phi) is 8.55. The lowest BCUT2D eigenvalue weighted by molar-refractivity contribution is -0.119. The standard InChI is InChI=1S/C30H30F3N3O2/c1-30(2)17-19(18-38-30)12-13-25-20(6-5-11-26(25)33)16-27(37)29(35-36-34)28(21-7-3-9-23(31)14-21)22-8-4-10-24(32)15-22/h3-11,14-15,19,28-29H,12-13,16-18H2,1-2H3/t19-,29-/m1/s1. The average molecular weight is 522 g/mol. The fourth-order valence-corrected chi connectivity index (χ4v) is 5.36. The largest absolute Gasteiger partial charge is 0.375 e. The molecule has 38 heavy (non-hydrogen) atoms. The van der Waals surface area contributed by atoms with E-state index in [-0.39, 0.29) is 17.9 Å². The third-order valence-electron chi connectivity index (χ3n) is 7.11. The van der Waals surface area contributed by atoms with Crippen LogP contribution in [0.25, 0.3) is 10.4 Å². The molecule has 5 nitrogen and oxygen atoms in total. The number of rotatable bonds is 10. The zero-order valence-corrected chi connectivity index (χ0v) is 21.4. The molecule has 2 atom stereocenters. The van der Waals surface area contributed by atoms with E-state index < -0.39 is 35.2 Å². The van der Waals surface area contributed by atoms with Crippen LogP contribution in [-0.4, -0.2) is 24.0 Å². The van der Waals surface area contributed by atoms with Gasteiger partial charge in [-0.05, 0) is 97.1 Å². The molecule has 0 N–H and O–H groups in total. The number of carbonyl (C=O) groups excluding carboxylic acids is 1. The maximum atomic E-state index is 14.9. The highest BCUT2D eigenvalue weighted by molar-refractivity contribution is 5.88. The Morgan fingerprint density at radius 3 is 2.24 bits per heavy atom. The van der Waals surface area contributed by atoms with Crippen LogP contribution in [0.3, 0.4) is 0 Å². The lowest BCUT2D eigenvalue weighted by Gasteiger charge is -2.24. The van der Waals surface area contributed by atoms with Crippen LogP contribution in [0, 0.1) is 23.4 Å². The molecule has 0 unspecified atom stereocenters. The summed E-state index contributed by atoms with van der Waals surface area (Å²) in [4.78, 5) is 16.6. The normalized spacial score (nSPS) is 17.3. The van der Waals surface area contributed by atoms with Gasteiger partial charge in [-0.15, -0.1) is 0 Å². The van der Waals surface area contributed by atoms with Gasteiger partial charge in [0.1, 0.15) is 29.3 Å². The molecule has 0 aliphatic carbocycles. The zero-order valence-electron chi connectivity index (χ0n) is 21.4. The van der Waals surface area contributed by atoms with Gasteiger partial charge in [0.15, 0.2) is 0 Å². The Bertz CT molecular complexity index is 1310. The van der Waals surface area contributed by atoms with E-state index in [1.54, 1.807) is 24.3 Å². The van der Waals surface area contributed by atoms with Crippen molar-refractivity contribution in [1.82, 2.24) is 0 Å². The number of ketones is 1. The molecule has 1 aliphatic rings. The summed E-state index contributed by atoms with van der Waals surface area (Å²) < 4.78 is 49.1. The zero-order chi connectivity index (χ0) is 27.3. The van der Waals surface area contributed by atoms with E-state index in [9.17, 15) is 23.5 Å². The molecule has 1 heterocycles. The molecule has 198 valence electrons. The first-order chi connectivity index (χ1) is 18.2. The monoisotopic (exact) mass is 521 g/mol. The summed E-state index contributed by atoms with van der Waals surface area (Å²) in [6.45, 7) is 4.67. The van der Waals surface area contributed by atoms with Crippen LogP contribution in [0.5, 0.6) is 0 Å². The third-order valence-corrected chi connectivity index (χ3v) is 7.11. The number of Topliss-reactive ketones (excluding diaryl/α,β-unsaturated/α-hetero) is 1. The van der Waals surface area contributed by atoms with Gasteiger partial charge in [-0.25, -0.2) is 13.2 Å². The number of hydrogen-bond acceptors (Lipinski definition) is 3. The van der Waals surface area contributed by atoms with Gasteiger partial charge in [-0.3, -0.25) is 4.79 Å². The minimum atomic E-state index is -1.30. The van der Waals surface area contributed by atoms with Crippen molar-refractivity contribution in [1.29, 1.82) is 0 Å². The number of carbonyl (C=O) groups is 1. The van der Waals surface area contributed by atoms with Gasteiger partial charge in [0.25, 0.3) is 0 Å². The van der Waals surface area contributed by atoms with E-state index in [2.05, 4.69) is 10.0 Å². The number of benzene rings is 3. The molecule has 0 spiro atoms. The maximum Gasteiger partial charge on any atom is 0.147 e. The van der Waals surface area contributed by atoms with Crippen LogP contribution in [0.15, 0.2) is 71.8 Å². The highest BCUT2D eigenvalue weighted by Gasteiger charge is 2.33. The Morgan fingerprint density at radius 2 is 1.68 bits per heavy atom. The smallest absolute Gasteiger partial charge is 0.147 e. The first-order valence-corrected chi connectivity index (χ1v) is 12.6. The average Bonchev–Trinajstić information content (AvgIpc) is 3.22. The molecule has 1 fully saturated rings. The van der Waals surface area contributed by atoms with E-state index in [0.717, 1.165) is 6.42 Å². The van der Waals surface area contributed by atoms with E-state index in [1.807, 2.05) is 13.8 Å². The lowest BCUT2D eigenvalue weighted by atomic mass is 9.81. The van der Waals surface area contributed by atoms with Crippen molar-refractivity contribution in [2.24, 2.45) is 11.0 Å². The van der Waals surface area contributed by atoms with Crippen molar-refractivity contribution >= 4 is 5.78 Å². The molecule has 0 saturated carbocycles. The first kappa shape index (κ1) is 27.4. The second-order valence-corrected chi connectivity index (χ2v) is 10.4. The summed E-state index contributed by atoms with van der Waals surface area (Å²) in [6.07, 6.45) is 1.82. The van der Waals surface area contributed by atoms with E-state index >= 15 is 0 Å². The first-order valence-electron chi connectivity index (χ1n) is 12.6. The number of azide groups is 1. The van der Waals surface area contributed by atoms with Crippen LogP contribution in [0.1, 0.15) is 54.9 Å². The van der Waals surface area contributed by atoms with Crippen LogP contribution in [0.4, 0.5) is 13.2 Å². The molecule has 0 aromatic heterocycles. The minimum Gasteiger partial charge on any atom is -0.375 e. The van der Waals surface area contributed by atoms with Crippen molar-refractivity contribution in [3.05, 3.63) is 117 Å². The maximum absolute atomic E-state index is 14.9. The third kappa shape index (κ3) is 6.63. The number of halogens is 3. The summed E-state index contributed by atoms with van der Waals surface area (Å²) in [5, 5.41) is 3.79. The molecule has 1 saturated heterocycles. The van der Waals surface area contributed by atoms with Gasteiger partial charge < -0.3 is 4.74 Å². The fraction of sp³-hybridized carbons (Fsp3) is 0.367. The molecule has 0 amide bonds. The fourth-order valence-electron chi connectivity index (χ4n) is 5.36. The van der Waals surface area contributed by atoms with Crippen molar-refractivity contribution in [3.63, 3.8) is 0 Å². The summed E-state index contributed by atoms with van der Waals surface area (Å²) >= 11 is 0. The van der Waals surface area contributed by atoms with E-state index in [4.69, 9.17) is 4.74 Å². The summed E-state index contributed by atoms with van der Waals surface area (Å²) in [6, 6.07) is 14.5. The summed E-state index contributed by atoms with van der Waals surface area (Å²) in [7, 11) is 0. The molecule has 3 aromatic rings. The Hall–Kier alpha value is -3.61. The van der Waals surface area contributed by atoms with Crippen LogP contribution < -0.4 is 0 Å². The topological polar surface area (TPSA) is 75.1 Å². The van der Waals surface area contributed by atoms with Crippen LogP contribution in [-0.2, 0) is 22.4 Å². The van der Waals surface area contributed by atoms with Gasteiger partial charge >= 0.3 is 0 Å². The molecule has 3 aromatic carbocycles. The molecule has 0 radical (unpaired) electrons. The van der Waals surface area contributed by atoms with Crippen LogP contribution >= 0.6 is 0 Å². The van der Waals surface area contributed by atoms with Gasteiger partial charge in [-0.2, -0.15) is 0 Å². The molecular weight excluding hydrogens is 491 g/mol. The summed E-state index contributed by atoms with van der Waals surface area (Å²) in [5.74, 6) is -2.60. The van der Waals surface area contributed by atoms with Crippen molar-refractivity contribution in [3.8, 4) is 0 Å². The highest BCUT2D eigenvalue weighted by atomic mass is 19.1. The molecule has 8 heteroatoms. The molecule has 4 rings (SSSR count). The number of ether oxygens (including phenoxy) is 1. The molecule has 1 aliphatic heterocycles. The number of nitrogens with zero attached hydrogens (tertiary/aromatic N) is 3. The van der Waals surface area contributed by atoms with Gasteiger partial charge in [-0.1, -0.05) is 41.5 Å². The summed E-state index contributed by atoms with van der Waals surface area (Å²) in [5.41, 5.74) is 10.8. The lowest BCUT2D eigenvalue weighted by Crippen LogP contribution is -2.29. The van der Waals surface area contributed by atoms with Gasteiger partial charge in [0.05, 0.1) is 12.2 Å². The van der Waals surface area contributed by atoms with Crippen LogP contribution in [0.2, 0.25) is 0 Å². The van der Waals surface area contributed by atoms with E-state index in [1.165, 1.54) is 42.5 Å². The molecule has 0 bridgehead atoms. The SMILES string of the molecule is CC1(C)C[C@@H](CCc2c(F)cccc2CC(=O)[C@@H](N=[N+]=[N-])C(c2cccc(F)c2)c2cccc(F)c2)CO1. The molecular formula is C30H30F3N3O2. The van der Waals surface area contributed by atoms with Crippen molar-refractivity contribution < 1.29 is 22.7 Å². The Morgan fingerprint density at radius 1 is 1.05 bits per heavy atom. The minimum absolute atomic E-state index is 0.190. The predicted octanol–water partition coefficient (Wildman–Crippen LogP) is 7.47. The van der Waals surface area contributed by atoms with E-state index in [0.29, 0.717) is 41.7 Å². The number of hydrogen-bond donors (Lipinski definition) is 0. The predicted molar refractivity (Wildman–Crippen MR) is 139 cm³/mol. The van der Waals surface area contributed by atoms with Crippen molar-refractivity contribution in [2.45, 2.75) is 57.1 Å². The Balaban J connectivity index is 1.64. The second-order valence-electron chi connectivity index (χ2n) is 10.4. The van der Waals surface area contributed by atoms with Gasteiger partial charge in [0.2, 0.25) is 0 Å². The second kappa shape index (κ2) is 11.8. The Labute approximate surface area is 220 Å².